The van der Waals surface area contributed by atoms with Crippen LogP contribution < -0.4 is 10.7 Å². The van der Waals surface area contributed by atoms with Crippen molar-refractivity contribution in [2.24, 2.45) is 0 Å². The lowest BCUT2D eigenvalue weighted by atomic mass is 10.1. The van der Waals surface area contributed by atoms with Crippen molar-refractivity contribution in [2.75, 3.05) is 11.9 Å². The molecule has 0 aliphatic rings. The van der Waals surface area contributed by atoms with Gasteiger partial charge in [0.25, 0.3) is 0 Å². The molecule has 3 N–H and O–H groups in total. The number of anilines is 2. The van der Waals surface area contributed by atoms with Crippen molar-refractivity contribution in [2.45, 2.75) is 13.0 Å². The fourth-order valence-electron chi connectivity index (χ4n) is 2.94. The van der Waals surface area contributed by atoms with Crippen molar-refractivity contribution < 1.29 is 5.11 Å². The number of aromatic amines is 1. The van der Waals surface area contributed by atoms with Gasteiger partial charge in [0.15, 0.2) is 11.3 Å². The first-order valence-corrected chi connectivity index (χ1v) is 8.52. The van der Waals surface area contributed by atoms with Crippen molar-refractivity contribution in [3.63, 3.8) is 0 Å². The van der Waals surface area contributed by atoms with E-state index in [4.69, 9.17) is 0 Å². The van der Waals surface area contributed by atoms with E-state index in [1.165, 1.54) is 6.07 Å². The SMILES string of the molecule is C[C@@H](CO)n1cnnc1-c1cccc(Nc2cccc3[nH]ccc(=O)c23)n1.Cl. The first kappa shape index (κ1) is 19.5. The molecule has 0 radical (unpaired) electrons. The summed E-state index contributed by atoms with van der Waals surface area (Å²) in [6.07, 6.45) is 3.20. The predicted octanol–water partition coefficient (Wildman–Crippen LogP) is 2.90. The van der Waals surface area contributed by atoms with Gasteiger partial charge in [-0.3, -0.25) is 4.79 Å². The minimum absolute atomic E-state index is 0. The Bertz CT molecular complexity index is 1150. The molecule has 0 spiro atoms. The molecule has 0 bridgehead atoms. The lowest BCUT2D eigenvalue weighted by Gasteiger charge is -2.13. The van der Waals surface area contributed by atoms with E-state index in [0.717, 1.165) is 5.52 Å². The maximum Gasteiger partial charge on any atom is 0.191 e. The zero-order valence-corrected chi connectivity index (χ0v) is 15.8. The fourth-order valence-corrected chi connectivity index (χ4v) is 2.94. The van der Waals surface area contributed by atoms with Gasteiger partial charge in [-0.25, -0.2) is 4.98 Å². The molecule has 1 atom stereocenters. The number of aliphatic hydroxyl groups is 1. The third-order valence-corrected chi connectivity index (χ3v) is 4.34. The van der Waals surface area contributed by atoms with Crippen LogP contribution in [0.25, 0.3) is 22.4 Å². The molecule has 4 rings (SSSR count). The Hall–Kier alpha value is -3.23. The maximum absolute atomic E-state index is 12.3. The average Bonchev–Trinajstić information content (AvgIpc) is 3.18. The van der Waals surface area contributed by atoms with Gasteiger partial charge in [-0.15, -0.1) is 22.6 Å². The Morgan fingerprint density at radius 3 is 2.86 bits per heavy atom. The number of H-pyrrole nitrogens is 1. The Morgan fingerprint density at radius 1 is 1.21 bits per heavy atom. The zero-order chi connectivity index (χ0) is 18.8. The number of rotatable bonds is 5. The second kappa shape index (κ2) is 8.20. The molecule has 3 aromatic heterocycles. The number of halogens is 1. The molecule has 9 heteroatoms. The summed E-state index contributed by atoms with van der Waals surface area (Å²) in [4.78, 5) is 19.9. The fraction of sp³-hybridized carbons (Fsp3) is 0.158. The van der Waals surface area contributed by atoms with Gasteiger partial charge in [-0.1, -0.05) is 12.1 Å². The Labute approximate surface area is 166 Å². The van der Waals surface area contributed by atoms with Gasteiger partial charge in [0.05, 0.1) is 29.2 Å². The van der Waals surface area contributed by atoms with Crippen LogP contribution in [0.4, 0.5) is 11.5 Å². The van der Waals surface area contributed by atoms with Crippen LogP contribution in [-0.2, 0) is 0 Å². The minimum Gasteiger partial charge on any atom is -0.394 e. The van der Waals surface area contributed by atoms with Gasteiger partial charge in [0, 0.05) is 12.3 Å². The summed E-state index contributed by atoms with van der Waals surface area (Å²) in [5.74, 6) is 1.14. The van der Waals surface area contributed by atoms with Gasteiger partial charge in [-0.05, 0) is 31.2 Å². The summed E-state index contributed by atoms with van der Waals surface area (Å²) in [5, 5.41) is 21.3. The van der Waals surface area contributed by atoms with E-state index in [9.17, 15) is 9.90 Å². The molecule has 0 fully saturated rings. The summed E-state index contributed by atoms with van der Waals surface area (Å²) in [5.41, 5.74) is 1.97. The van der Waals surface area contributed by atoms with E-state index in [1.807, 2.05) is 43.3 Å². The Kier molecular flexibility index (Phi) is 5.72. The number of nitrogens with zero attached hydrogens (tertiary/aromatic N) is 4. The van der Waals surface area contributed by atoms with Crippen LogP contribution in [0, 0.1) is 0 Å². The smallest absolute Gasteiger partial charge is 0.191 e. The van der Waals surface area contributed by atoms with Crippen molar-refractivity contribution in [1.82, 2.24) is 24.7 Å². The minimum atomic E-state index is -0.162. The highest BCUT2D eigenvalue weighted by molar-refractivity contribution is 5.92. The summed E-state index contributed by atoms with van der Waals surface area (Å²) in [7, 11) is 0. The van der Waals surface area contributed by atoms with Crippen molar-refractivity contribution in [3.05, 3.63) is 65.2 Å². The van der Waals surface area contributed by atoms with E-state index in [-0.39, 0.29) is 30.5 Å². The molecule has 1 aromatic carbocycles. The molecule has 0 saturated carbocycles. The quantitative estimate of drug-likeness (QED) is 0.477. The van der Waals surface area contributed by atoms with Crippen LogP contribution in [0.2, 0.25) is 0 Å². The second-order valence-electron chi connectivity index (χ2n) is 6.20. The molecule has 4 aromatic rings. The standard InChI is InChI=1S/C19H18N6O2.ClH/c1-12(10-26)25-11-21-24-19(25)15-6-3-7-17(23-15)22-14-5-2-4-13-18(14)16(27)8-9-20-13;/h2-9,11-12,26H,10H2,1H3,(H,20,27)(H,22,23);1H/t12-;/m0./s1. The topological polar surface area (TPSA) is 109 Å². The van der Waals surface area contributed by atoms with Crippen LogP contribution >= 0.6 is 12.4 Å². The summed E-state index contributed by atoms with van der Waals surface area (Å²) >= 11 is 0. The van der Waals surface area contributed by atoms with Gasteiger partial charge in [-0.2, -0.15) is 0 Å². The highest BCUT2D eigenvalue weighted by atomic mass is 35.5. The van der Waals surface area contributed by atoms with Gasteiger partial charge < -0.3 is 20.0 Å². The number of aliphatic hydroxyl groups excluding tert-OH is 1. The molecule has 8 nitrogen and oxygen atoms in total. The summed E-state index contributed by atoms with van der Waals surface area (Å²) in [6.45, 7) is 1.85. The van der Waals surface area contributed by atoms with E-state index < -0.39 is 0 Å². The zero-order valence-electron chi connectivity index (χ0n) is 15.0. The Balaban J connectivity index is 0.00000225. The number of aromatic nitrogens is 5. The second-order valence-corrected chi connectivity index (χ2v) is 6.20. The highest BCUT2D eigenvalue weighted by Gasteiger charge is 2.14. The van der Waals surface area contributed by atoms with Crippen molar-refractivity contribution in [1.29, 1.82) is 0 Å². The molecular weight excluding hydrogens is 380 g/mol. The monoisotopic (exact) mass is 398 g/mol. The number of hydrogen-bond acceptors (Lipinski definition) is 6. The normalized spacial score (nSPS) is 11.8. The lowest BCUT2D eigenvalue weighted by molar-refractivity contribution is 0.239. The number of nitrogens with one attached hydrogen (secondary N) is 2. The molecule has 3 heterocycles. The Morgan fingerprint density at radius 2 is 2.04 bits per heavy atom. The molecule has 0 saturated heterocycles. The third-order valence-electron chi connectivity index (χ3n) is 4.34. The van der Waals surface area contributed by atoms with E-state index >= 15 is 0 Å². The van der Waals surface area contributed by atoms with Crippen molar-refractivity contribution in [3.8, 4) is 11.5 Å². The van der Waals surface area contributed by atoms with Gasteiger partial charge in [0.2, 0.25) is 0 Å². The predicted molar refractivity (Wildman–Crippen MR) is 110 cm³/mol. The van der Waals surface area contributed by atoms with Crippen molar-refractivity contribution >= 4 is 34.8 Å². The number of fused-ring (bicyclic) bond motifs is 1. The van der Waals surface area contributed by atoms with E-state index in [2.05, 4.69) is 25.5 Å². The van der Waals surface area contributed by atoms with Crippen LogP contribution in [0.1, 0.15) is 13.0 Å². The van der Waals surface area contributed by atoms with E-state index in [0.29, 0.717) is 28.4 Å². The van der Waals surface area contributed by atoms with Gasteiger partial charge >= 0.3 is 0 Å². The molecule has 0 aliphatic heterocycles. The molecule has 28 heavy (non-hydrogen) atoms. The number of hydrogen-bond donors (Lipinski definition) is 3. The van der Waals surface area contributed by atoms with Crippen LogP contribution in [0.15, 0.2) is 59.8 Å². The molecule has 0 unspecified atom stereocenters. The third kappa shape index (κ3) is 3.60. The highest BCUT2D eigenvalue weighted by Crippen LogP contribution is 2.24. The van der Waals surface area contributed by atoms with Gasteiger partial charge in [0.1, 0.15) is 17.8 Å². The first-order chi connectivity index (χ1) is 13.2. The first-order valence-electron chi connectivity index (χ1n) is 8.52. The largest absolute Gasteiger partial charge is 0.394 e. The molecule has 144 valence electrons. The maximum atomic E-state index is 12.3. The molecule has 0 amide bonds. The summed E-state index contributed by atoms with van der Waals surface area (Å²) < 4.78 is 1.77. The average molecular weight is 399 g/mol. The molecule has 0 aliphatic carbocycles. The van der Waals surface area contributed by atoms with E-state index in [1.54, 1.807) is 17.1 Å². The number of pyridine rings is 2. The van der Waals surface area contributed by atoms with Crippen LogP contribution in [-0.4, -0.2) is 36.4 Å². The van der Waals surface area contributed by atoms with Crippen LogP contribution in [0.3, 0.4) is 0 Å². The number of benzene rings is 1. The van der Waals surface area contributed by atoms with Crippen LogP contribution in [0.5, 0.6) is 0 Å². The lowest BCUT2D eigenvalue weighted by Crippen LogP contribution is -2.10. The summed E-state index contributed by atoms with van der Waals surface area (Å²) in [6, 6.07) is 12.4. The molecular formula is C19H19ClN6O2.